The Labute approximate surface area is 170 Å². The van der Waals surface area contributed by atoms with Crippen molar-refractivity contribution in [2.75, 3.05) is 30.3 Å². The number of pyridine rings is 1. The number of amides is 1. The molecular weight excluding hydrogens is 382 g/mol. The second-order valence-corrected chi connectivity index (χ2v) is 8.07. The van der Waals surface area contributed by atoms with Gasteiger partial charge in [-0.3, -0.25) is 4.79 Å². The Balaban J connectivity index is 0.00000210. The molecule has 8 heteroatoms. The molecule has 0 radical (unpaired) electrons. The number of fused-ring (bicyclic) bond motifs is 1. The molecule has 4 heterocycles. The van der Waals surface area contributed by atoms with Gasteiger partial charge in [-0.05, 0) is 37.9 Å². The van der Waals surface area contributed by atoms with Crippen LogP contribution in [0.1, 0.15) is 24.8 Å². The van der Waals surface area contributed by atoms with Crippen molar-refractivity contribution < 1.29 is 4.79 Å². The summed E-state index contributed by atoms with van der Waals surface area (Å²) >= 11 is 1.64. The van der Waals surface area contributed by atoms with Gasteiger partial charge in [-0.15, -0.1) is 24.2 Å². The van der Waals surface area contributed by atoms with E-state index in [0.29, 0.717) is 0 Å². The molecule has 0 bridgehead atoms. The normalized spacial score (nSPS) is 20.6. The van der Waals surface area contributed by atoms with Crippen molar-refractivity contribution in [1.82, 2.24) is 20.6 Å². The molecule has 0 spiro atoms. The Morgan fingerprint density at radius 1 is 1.41 bits per heavy atom. The topological polar surface area (TPSA) is 73.0 Å². The zero-order chi connectivity index (χ0) is 17.9. The molecule has 2 aromatic heterocycles. The Morgan fingerprint density at radius 3 is 3.19 bits per heavy atom. The smallest absolute Gasteiger partial charge is 0.259 e. The minimum absolute atomic E-state index is 0. The summed E-state index contributed by atoms with van der Waals surface area (Å²) in [6.07, 6.45) is 9.20. The number of aromatic nitrogens is 2. The van der Waals surface area contributed by atoms with Gasteiger partial charge in [-0.1, -0.05) is 6.42 Å². The number of anilines is 1. The van der Waals surface area contributed by atoms with Crippen molar-refractivity contribution in [3.05, 3.63) is 35.1 Å². The molecule has 0 aromatic carbocycles. The summed E-state index contributed by atoms with van der Waals surface area (Å²) in [6.45, 7) is 4.88. The molecule has 6 nitrogen and oxygen atoms in total. The van der Waals surface area contributed by atoms with Crippen LogP contribution in [0.5, 0.6) is 0 Å². The van der Waals surface area contributed by atoms with Gasteiger partial charge in [0.05, 0.1) is 10.6 Å². The highest BCUT2D eigenvalue weighted by Gasteiger charge is 2.22. The van der Waals surface area contributed by atoms with Crippen LogP contribution >= 0.6 is 24.2 Å². The number of thioether (sulfide) groups is 1. The molecule has 1 saturated heterocycles. The summed E-state index contributed by atoms with van der Waals surface area (Å²) in [6, 6.07) is 2.25. The van der Waals surface area contributed by atoms with Crippen molar-refractivity contribution in [2.45, 2.75) is 32.2 Å². The maximum absolute atomic E-state index is 12.8. The lowest BCUT2D eigenvalue weighted by molar-refractivity contribution is -0.117. The molecule has 1 amide bonds. The number of aromatic amines is 1. The number of nitrogens with zero attached hydrogens (tertiary/aromatic N) is 2. The molecule has 2 aliphatic heterocycles. The SMILES string of the molecule is Cc1c[nH]c2nccc(N3C=C(C(=O)N[C@H]4CCCCNC4)SCC3)c12.Cl. The van der Waals surface area contributed by atoms with Gasteiger partial charge in [0, 0.05) is 48.9 Å². The molecule has 0 saturated carbocycles. The largest absolute Gasteiger partial charge is 0.348 e. The molecule has 0 aliphatic carbocycles. The second-order valence-electron chi connectivity index (χ2n) is 6.93. The number of carbonyl (C=O) groups is 1. The highest BCUT2D eigenvalue weighted by atomic mass is 35.5. The van der Waals surface area contributed by atoms with Crippen LogP contribution in [-0.4, -0.2) is 47.3 Å². The molecule has 2 aromatic rings. The predicted molar refractivity (Wildman–Crippen MR) is 115 cm³/mol. The van der Waals surface area contributed by atoms with E-state index in [0.717, 1.165) is 59.9 Å². The summed E-state index contributed by atoms with van der Waals surface area (Å²) in [4.78, 5) is 23.4. The van der Waals surface area contributed by atoms with Gasteiger partial charge in [-0.25, -0.2) is 4.98 Å². The summed E-state index contributed by atoms with van der Waals surface area (Å²) in [5, 5.41) is 7.74. The summed E-state index contributed by atoms with van der Waals surface area (Å²) in [5.41, 5.74) is 3.17. The fourth-order valence-corrected chi connectivity index (χ4v) is 4.55. The summed E-state index contributed by atoms with van der Waals surface area (Å²) in [7, 11) is 0. The van der Waals surface area contributed by atoms with E-state index in [9.17, 15) is 4.79 Å². The second kappa shape index (κ2) is 8.99. The van der Waals surface area contributed by atoms with Crippen LogP contribution in [0.4, 0.5) is 5.69 Å². The zero-order valence-electron chi connectivity index (χ0n) is 15.5. The molecule has 27 heavy (non-hydrogen) atoms. The van der Waals surface area contributed by atoms with Gasteiger partial charge in [0.1, 0.15) is 5.65 Å². The third-order valence-corrected chi connectivity index (χ3v) is 6.02. The first-order chi connectivity index (χ1) is 12.7. The van der Waals surface area contributed by atoms with Crippen molar-refractivity contribution in [1.29, 1.82) is 0 Å². The molecule has 1 fully saturated rings. The monoisotopic (exact) mass is 407 g/mol. The number of rotatable bonds is 3. The molecule has 0 unspecified atom stereocenters. The fraction of sp³-hybridized carbons (Fsp3) is 0.474. The maximum atomic E-state index is 12.8. The highest BCUT2D eigenvalue weighted by Crippen LogP contribution is 2.32. The third kappa shape index (κ3) is 4.42. The van der Waals surface area contributed by atoms with E-state index in [1.54, 1.807) is 11.8 Å². The lowest BCUT2D eigenvalue weighted by atomic mass is 10.1. The maximum Gasteiger partial charge on any atom is 0.259 e. The van der Waals surface area contributed by atoms with Crippen LogP contribution in [0.2, 0.25) is 0 Å². The zero-order valence-corrected chi connectivity index (χ0v) is 17.1. The van der Waals surface area contributed by atoms with Crippen LogP contribution in [0.3, 0.4) is 0 Å². The minimum Gasteiger partial charge on any atom is -0.348 e. The van der Waals surface area contributed by atoms with Gasteiger partial charge < -0.3 is 20.5 Å². The first-order valence-electron chi connectivity index (χ1n) is 9.28. The van der Waals surface area contributed by atoms with Crippen molar-refractivity contribution in [2.24, 2.45) is 0 Å². The number of carbonyl (C=O) groups excluding carboxylic acids is 1. The van der Waals surface area contributed by atoms with E-state index in [4.69, 9.17) is 0 Å². The van der Waals surface area contributed by atoms with E-state index >= 15 is 0 Å². The van der Waals surface area contributed by atoms with Gasteiger partial charge in [0.15, 0.2) is 0 Å². The van der Waals surface area contributed by atoms with Gasteiger partial charge in [-0.2, -0.15) is 0 Å². The first kappa shape index (κ1) is 20.0. The fourth-order valence-electron chi connectivity index (χ4n) is 3.65. The predicted octanol–water partition coefficient (Wildman–Crippen LogP) is 2.95. The van der Waals surface area contributed by atoms with Crippen molar-refractivity contribution in [3.8, 4) is 0 Å². The van der Waals surface area contributed by atoms with E-state index in [1.165, 1.54) is 12.0 Å². The summed E-state index contributed by atoms with van der Waals surface area (Å²) in [5.74, 6) is 0.944. The quantitative estimate of drug-likeness (QED) is 0.729. The van der Waals surface area contributed by atoms with Crippen molar-refractivity contribution in [3.63, 3.8) is 0 Å². The highest BCUT2D eigenvalue weighted by molar-refractivity contribution is 8.04. The lowest BCUT2D eigenvalue weighted by Gasteiger charge is -2.27. The van der Waals surface area contributed by atoms with Gasteiger partial charge >= 0.3 is 0 Å². The lowest BCUT2D eigenvalue weighted by Crippen LogP contribution is -2.42. The van der Waals surface area contributed by atoms with E-state index in [-0.39, 0.29) is 24.4 Å². The number of hydrogen-bond acceptors (Lipinski definition) is 5. The van der Waals surface area contributed by atoms with Crippen LogP contribution in [-0.2, 0) is 4.79 Å². The molecule has 2 aliphatic rings. The van der Waals surface area contributed by atoms with E-state index < -0.39 is 0 Å². The van der Waals surface area contributed by atoms with Crippen LogP contribution in [0.15, 0.2) is 29.6 Å². The average molecular weight is 408 g/mol. The third-order valence-electron chi connectivity index (χ3n) is 5.03. The molecular formula is C19H26ClN5OS. The van der Waals surface area contributed by atoms with Crippen molar-refractivity contribution >= 4 is 46.8 Å². The Morgan fingerprint density at radius 2 is 2.30 bits per heavy atom. The van der Waals surface area contributed by atoms with Gasteiger partial charge in [0.2, 0.25) is 0 Å². The Kier molecular flexibility index (Phi) is 6.68. The summed E-state index contributed by atoms with van der Waals surface area (Å²) < 4.78 is 0. The van der Waals surface area contributed by atoms with E-state index in [2.05, 4.69) is 32.4 Å². The first-order valence-corrected chi connectivity index (χ1v) is 10.3. The number of H-pyrrole nitrogens is 1. The number of halogens is 1. The molecule has 1 atom stereocenters. The van der Waals surface area contributed by atoms with Crippen LogP contribution in [0, 0.1) is 6.92 Å². The Bertz CT molecular complexity index is 829. The van der Waals surface area contributed by atoms with E-state index in [1.807, 2.05) is 24.7 Å². The number of nitrogens with one attached hydrogen (secondary N) is 3. The molecule has 4 rings (SSSR count). The average Bonchev–Trinajstić information content (AvgIpc) is 2.88. The van der Waals surface area contributed by atoms with Crippen LogP contribution < -0.4 is 15.5 Å². The molecule has 146 valence electrons. The number of aryl methyl sites for hydroxylation is 1. The molecule has 3 N–H and O–H groups in total. The Hall–Kier alpha value is -1.70. The standard InChI is InChI=1S/C19H25N5OS.ClH/c1-13-10-22-18-17(13)15(5-7-21-18)24-8-9-26-16(12-24)19(25)23-14-4-2-3-6-20-11-14;/h5,7,10,12,14,20H,2-4,6,8-9,11H2,1H3,(H,21,22)(H,23,25);1H/t14-;/m0./s1. The van der Waals surface area contributed by atoms with Crippen LogP contribution in [0.25, 0.3) is 11.0 Å². The van der Waals surface area contributed by atoms with Gasteiger partial charge in [0.25, 0.3) is 5.91 Å². The minimum atomic E-state index is 0. The number of hydrogen-bond donors (Lipinski definition) is 3.